The molecule has 5 nitrogen and oxygen atoms in total. The Labute approximate surface area is 136 Å². The quantitative estimate of drug-likeness (QED) is 0.601. The highest BCUT2D eigenvalue weighted by molar-refractivity contribution is 7.87. The van der Waals surface area contributed by atoms with E-state index in [2.05, 4.69) is 18.6 Å². The van der Waals surface area contributed by atoms with E-state index in [1.807, 2.05) is 0 Å². The lowest BCUT2D eigenvalue weighted by atomic mass is 9.94. The molecule has 1 saturated carbocycles. The summed E-state index contributed by atoms with van der Waals surface area (Å²) in [5.41, 5.74) is 0. The Balaban J connectivity index is 1.70. The molecule has 1 saturated heterocycles. The first kappa shape index (κ1) is 18.2. The van der Waals surface area contributed by atoms with E-state index in [0.717, 1.165) is 19.3 Å². The van der Waals surface area contributed by atoms with Gasteiger partial charge in [0.15, 0.2) is 0 Å². The van der Waals surface area contributed by atoms with E-state index in [1.165, 1.54) is 25.7 Å². The topological polar surface area (TPSA) is 58.6 Å². The molecule has 130 valence electrons. The van der Waals surface area contributed by atoms with Crippen LogP contribution in [0.15, 0.2) is 0 Å². The minimum Gasteiger partial charge on any atom is -0.377 e. The molecule has 1 aliphatic carbocycles. The molecule has 0 aromatic rings. The van der Waals surface area contributed by atoms with Gasteiger partial charge in [0.25, 0.3) is 10.2 Å². The summed E-state index contributed by atoms with van der Waals surface area (Å²) in [6.45, 7) is 6.34. The zero-order chi connectivity index (χ0) is 16.0. The Kier molecular flexibility index (Phi) is 7.12. The van der Waals surface area contributed by atoms with Crippen LogP contribution in [0.3, 0.4) is 0 Å². The van der Waals surface area contributed by atoms with Gasteiger partial charge in [0, 0.05) is 19.6 Å². The third-order valence-corrected chi connectivity index (χ3v) is 6.26. The van der Waals surface area contributed by atoms with Crippen molar-refractivity contribution in [3.8, 4) is 0 Å². The van der Waals surface area contributed by atoms with E-state index >= 15 is 0 Å². The highest BCUT2D eigenvalue weighted by Crippen LogP contribution is 2.22. The van der Waals surface area contributed by atoms with Gasteiger partial charge in [0.2, 0.25) is 0 Å². The fraction of sp³-hybridized carbons (Fsp3) is 1.00. The highest BCUT2D eigenvalue weighted by Gasteiger charge is 2.30. The van der Waals surface area contributed by atoms with E-state index < -0.39 is 10.2 Å². The minimum atomic E-state index is -3.36. The number of piperidine rings is 1. The molecule has 2 fully saturated rings. The SMILES string of the molecule is CC1CC(C)CN(S(=O)(=O)NCCOC2CCCCCC2)C1. The summed E-state index contributed by atoms with van der Waals surface area (Å²) >= 11 is 0. The maximum Gasteiger partial charge on any atom is 0.279 e. The molecule has 22 heavy (non-hydrogen) atoms. The van der Waals surface area contributed by atoms with Crippen molar-refractivity contribution in [2.75, 3.05) is 26.2 Å². The molecule has 1 heterocycles. The van der Waals surface area contributed by atoms with Gasteiger partial charge in [-0.1, -0.05) is 39.5 Å². The Morgan fingerprint density at radius 2 is 1.64 bits per heavy atom. The van der Waals surface area contributed by atoms with Gasteiger partial charge in [-0.3, -0.25) is 0 Å². The van der Waals surface area contributed by atoms with Crippen LogP contribution >= 0.6 is 0 Å². The molecule has 0 amide bonds. The normalized spacial score (nSPS) is 29.4. The number of hydrogen-bond donors (Lipinski definition) is 1. The first-order valence-corrected chi connectivity index (χ1v) is 10.3. The zero-order valence-electron chi connectivity index (χ0n) is 14.1. The molecule has 2 unspecified atom stereocenters. The summed E-state index contributed by atoms with van der Waals surface area (Å²) < 4.78 is 34.8. The number of hydrogen-bond acceptors (Lipinski definition) is 3. The van der Waals surface area contributed by atoms with Crippen molar-refractivity contribution in [3.63, 3.8) is 0 Å². The van der Waals surface area contributed by atoms with Crippen LogP contribution in [-0.2, 0) is 14.9 Å². The maximum absolute atomic E-state index is 12.3. The third-order valence-electron chi connectivity index (χ3n) is 4.72. The first-order chi connectivity index (χ1) is 10.5. The molecular formula is C16H32N2O3S. The van der Waals surface area contributed by atoms with Crippen molar-refractivity contribution in [1.82, 2.24) is 9.03 Å². The van der Waals surface area contributed by atoms with Crippen molar-refractivity contribution in [3.05, 3.63) is 0 Å². The van der Waals surface area contributed by atoms with Crippen molar-refractivity contribution in [2.45, 2.75) is 64.9 Å². The van der Waals surface area contributed by atoms with E-state index in [0.29, 0.717) is 44.2 Å². The van der Waals surface area contributed by atoms with Gasteiger partial charge >= 0.3 is 0 Å². The van der Waals surface area contributed by atoms with Gasteiger partial charge in [-0.25, -0.2) is 0 Å². The van der Waals surface area contributed by atoms with E-state index in [-0.39, 0.29) is 0 Å². The predicted molar refractivity (Wildman–Crippen MR) is 88.9 cm³/mol. The standard InChI is InChI=1S/C16H32N2O3S/c1-14-11-15(2)13-18(12-14)22(19,20)17-9-10-21-16-7-5-3-4-6-8-16/h14-17H,3-13H2,1-2H3. The number of nitrogens with one attached hydrogen (secondary N) is 1. The minimum absolute atomic E-state index is 0.321. The second kappa shape index (κ2) is 8.62. The van der Waals surface area contributed by atoms with Crippen LogP contribution in [0.5, 0.6) is 0 Å². The van der Waals surface area contributed by atoms with Crippen LogP contribution in [0, 0.1) is 11.8 Å². The van der Waals surface area contributed by atoms with Crippen LogP contribution in [0.4, 0.5) is 0 Å². The second-order valence-electron chi connectivity index (χ2n) is 7.15. The third kappa shape index (κ3) is 5.80. The van der Waals surface area contributed by atoms with Crippen LogP contribution < -0.4 is 4.72 Å². The Bertz CT molecular complexity index is 409. The average Bonchev–Trinajstić information content (AvgIpc) is 2.71. The van der Waals surface area contributed by atoms with Gasteiger partial charge in [-0.15, -0.1) is 0 Å². The molecule has 0 radical (unpaired) electrons. The van der Waals surface area contributed by atoms with Gasteiger partial charge < -0.3 is 4.74 Å². The Morgan fingerprint density at radius 3 is 2.23 bits per heavy atom. The molecule has 0 aromatic carbocycles. The molecule has 0 spiro atoms. The molecule has 2 rings (SSSR count). The summed E-state index contributed by atoms with van der Waals surface area (Å²) in [5, 5.41) is 0. The molecule has 1 aliphatic heterocycles. The predicted octanol–water partition coefficient (Wildman–Crippen LogP) is 2.54. The van der Waals surface area contributed by atoms with Gasteiger partial charge in [0.1, 0.15) is 0 Å². The lowest BCUT2D eigenvalue weighted by Crippen LogP contribution is -2.48. The smallest absolute Gasteiger partial charge is 0.279 e. The fourth-order valence-electron chi connectivity index (χ4n) is 3.70. The summed E-state index contributed by atoms with van der Waals surface area (Å²) in [4.78, 5) is 0. The van der Waals surface area contributed by atoms with E-state index in [9.17, 15) is 8.42 Å². The van der Waals surface area contributed by atoms with Crippen molar-refractivity contribution < 1.29 is 13.2 Å². The summed E-state index contributed by atoms with van der Waals surface area (Å²) in [7, 11) is -3.36. The Morgan fingerprint density at radius 1 is 1.05 bits per heavy atom. The van der Waals surface area contributed by atoms with Gasteiger partial charge in [-0.05, 0) is 31.1 Å². The van der Waals surface area contributed by atoms with Crippen molar-refractivity contribution in [2.24, 2.45) is 11.8 Å². The van der Waals surface area contributed by atoms with Crippen LogP contribution in [0.25, 0.3) is 0 Å². The molecule has 0 bridgehead atoms. The first-order valence-electron chi connectivity index (χ1n) is 8.83. The largest absolute Gasteiger partial charge is 0.377 e. The molecule has 2 atom stereocenters. The molecule has 6 heteroatoms. The molecular weight excluding hydrogens is 300 g/mol. The summed E-state index contributed by atoms with van der Waals surface area (Å²) in [5.74, 6) is 0.866. The monoisotopic (exact) mass is 332 g/mol. The molecule has 2 aliphatic rings. The zero-order valence-corrected chi connectivity index (χ0v) is 14.9. The molecule has 1 N–H and O–H groups in total. The van der Waals surface area contributed by atoms with Gasteiger partial charge in [-0.2, -0.15) is 17.4 Å². The molecule has 0 aromatic heterocycles. The van der Waals surface area contributed by atoms with Gasteiger partial charge in [0.05, 0.1) is 12.7 Å². The van der Waals surface area contributed by atoms with Crippen LogP contribution in [-0.4, -0.2) is 45.1 Å². The lowest BCUT2D eigenvalue weighted by molar-refractivity contribution is 0.0469. The average molecular weight is 333 g/mol. The van der Waals surface area contributed by atoms with Crippen molar-refractivity contribution in [1.29, 1.82) is 0 Å². The lowest BCUT2D eigenvalue weighted by Gasteiger charge is -2.34. The number of rotatable bonds is 6. The Hall–Kier alpha value is -0.170. The fourth-order valence-corrected chi connectivity index (χ4v) is 5.12. The van der Waals surface area contributed by atoms with Crippen molar-refractivity contribution >= 4 is 10.2 Å². The second-order valence-corrected chi connectivity index (χ2v) is 8.90. The van der Waals surface area contributed by atoms with Crippen LogP contribution in [0.2, 0.25) is 0 Å². The highest BCUT2D eigenvalue weighted by atomic mass is 32.2. The summed E-state index contributed by atoms with van der Waals surface area (Å²) in [6.07, 6.45) is 8.75. The number of ether oxygens (including phenoxy) is 1. The maximum atomic E-state index is 12.3. The number of nitrogens with zero attached hydrogens (tertiary/aromatic N) is 1. The van der Waals surface area contributed by atoms with Crippen LogP contribution in [0.1, 0.15) is 58.8 Å². The summed E-state index contributed by atoms with van der Waals surface area (Å²) in [6, 6.07) is 0. The van der Waals surface area contributed by atoms with E-state index in [4.69, 9.17) is 4.74 Å². The van der Waals surface area contributed by atoms with E-state index in [1.54, 1.807) is 4.31 Å².